The minimum absolute atomic E-state index is 0.0124. The van der Waals surface area contributed by atoms with Gasteiger partial charge in [0.1, 0.15) is 11.6 Å². The van der Waals surface area contributed by atoms with Gasteiger partial charge in [-0.15, -0.1) is 0 Å². The summed E-state index contributed by atoms with van der Waals surface area (Å²) in [5, 5.41) is 3.27. The van der Waals surface area contributed by atoms with Crippen LogP contribution >= 0.6 is 11.6 Å². The summed E-state index contributed by atoms with van der Waals surface area (Å²) in [6, 6.07) is 4.95. The van der Waals surface area contributed by atoms with Crippen LogP contribution in [-0.2, 0) is 9.59 Å². The molecule has 0 aliphatic carbocycles. The Balaban J connectivity index is 2.61. The molecule has 114 valence electrons. The number of benzene rings is 1. The number of amides is 2. The Bertz CT molecular complexity index is 596. The molecule has 1 fully saturated rings. The third kappa shape index (κ3) is 2.77. The molecule has 4 nitrogen and oxygen atoms in total. The van der Waals surface area contributed by atoms with E-state index in [0.717, 1.165) is 5.56 Å². The topological polar surface area (TPSA) is 49.4 Å². The number of hydrogen-bond donors (Lipinski definition) is 1. The Morgan fingerprint density at radius 1 is 1.29 bits per heavy atom. The van der Waals surface area contributed by atoms with Gasteiger partial charge in [0.15, 0.2) is 0 Å². The smallest absolute Gasteiger partial charge is 0.252 e. The summed E-state index contributed by atoms with van der Waals surface area (Å²) in [6.45, 7) is 9.20. The van der Waals surface area contributed by atoms with Gasteiger partial charge in [-0.2, -0.15) is 0 Å². The van der Waals surface area contributed by atoms with Gasteiger partial charge in [-0.3, -0.25) is 14.5 Å². The van der Waals surface area contributed by atoms with Crippen LogP contribution in [0.2, 0.25) is 5.02 Å². The average molecular weight is 309 g/mol. The molecular weight excluding hydrogens is 288 g/mol. The zero-order valence-electron chi connectivity index (χ0n) is 13.0. The van der Waals surface area contributed by atoms with Crippen LogP contribution in [0.25, 0.3) is 0 Å². The van der Waals surface area contributed by atoms with Crippen LogP contribution in [0, 0.1) is 12.8 Å². The summed E-state index contributed by atoms with van der Waals surface area (Å²) < 4.78 is 0. The molecular formula is C16H21ClN2O2. The van der Waals surface area contributed by atoms with Crippen molar-refractivity contribution in [3.63, 3.8) is 0 Å². The molecule has 1 aliphatic rings. The number of carbonyl (C=O) groups is 2. The van der Waals surface area contributed by atoms with E-state index >= 15 is 0 Å². The second-order valence-corrected chi connectivity index (χ2v) is 6.84. The number of anilines is 1. The van der Waals surface area contributed by atoms with Gasteiger partial charge in [0.25, 0.3) is 5.91 Å². The first-order valence-electron chi connectivity index (χ1n) is 7.07. The van der Waals surface area contributed by atoms with Crippen LogP contribution in [0.1, 0.15) is 33.3 Å². The van der Waals surface area contributed by atoms with Gasteiger partial charge < -0.3 is 5.32 Å². The van der Waals surface area contributed by atoms with Gasteiger partial charge in [0.2, 0.25) is 5.91 Å². The normalized spacial score (nSPS) is 21.7. The standard InChI is InChI=1S/C16H21ClN2O2/c1-9(2)13-14(20)18-16(4,5)15(21)19(13)12-8-10(3)6-7-11(12)17/h6-9,13H,1-5H3,(H,18,20). The maximum Gasteiger partial charge on any atom is 0.252 e. The van der Waals surface area contributed by atoms with E-state index in [9.17, 15) is 9.59 Å². The second kappa shape index (κ2) is 5.34. The molecule has 1 aromatic carbocycles. The minimum atomic E-state index is -0.935. The highest BCUT2D eigenvalue weighted by molar-refractivity contribution is 6.34. The number of carbonyl (C=O) groups excluding carboxylic acids is 2. The minimum Gasteiger partial charge on any atom is -0.340 e. The molecule has 1 aliphatic heterocycles. The molecule has 1 heterocycles. The van der Waals surface area contributed by atoms with Crippen molar-refractivity contribution in [1.82, 2.24) is 5.32 Å². The zero-order chi connectivity index (χ0) is 15.9. The lowest BCUT2D eigenvalue weighted by Crippen LogP contribution is -2.69. The van der Waals surface area contributed by atoms with Crippen LogP contribution in [0.3, 0.4) is 0 Å². The molecule has 2 rings (SSSR count). The molecule has 1 saturated heterocycles. The van der Waals surface area contributed by atoms with Crippen molar-refractivity contribution >= 4 is 29.1 Å². The molecule has 5 heteroatoms. The van der Waals surface area contributed by atoms with Crippen LogP contribution in [-0.4, -0.2) is 23.4 Å². The van der Waals surface area contributed by atoms with Crippen molar-refractivity contribution in [2.45, 2.75) is 46.2 Å². The van der Waals surface area contributed by atoms with E-state index in [1.807, 2.05) is 32.9 Å². The summed E-state index contributed by atoms with van der Waals surface area (Å²) in [6.07, 6.45) is 0. The van der Waals surface area contributed by atoms with Crippen molar-refractivity contribution in [1.29, 1.82) is 0 Å². The highest BCUT2D eigenvalue weighted by Gasteiger charge is 2.47. The fraction of sp³-hybridized carbons (Fsp3) is 0.500. The number of piperazine rings is 1. The van der Waals surface area contributed by atoms with Crippen LogP contribution in [0.5, 0.6) is 0 Å². The summed E-state index contributed by atoms with van der Waals surface area (Å²) in [7, 11) is 0. The van der Waals surface area contributed by atoms with E-state index in [4.69, 9.17) is 11.6 Å². The fourth-order valence-electron chi connectivity index (χ4n) is 2.65. The van der Waals surface area contributed by atoms with E-state index < -0.39 is 11.6 Å². The van der Waals surface area contributed by atoms with Gasteiger partial charge in [0, 0.05) is 0 Å². The third-order valence-corrected chi connectivity index (χ3v) is 4.05. The molecule has 0 radical (unpaired) electrons. The predicted molar refractivity (Wildman–Crippen MR) is 84.5 cm³/mol. The average Bonchev–Trinajstić information content (AvgIpc) is 2.35. The second-order valence-electron chi connectivity index (χ2n) is 6.43. The van der Waals surface area contributed by atoms with Crippen molar-refractivity contribution in [2.24, 2.45) is 5.92 Å². The van der Waals surface area contributed by atoms with Crippen molar-refractivity contribution in [2.75, 3.05) is 4.90 Å². The Labute approximate surface area is 130 Å². The summed E-state index contributed by atoms with van der Waals surface area (Å²) >= 11 is 6.28. The molecule has 0 saturated carbocycles. The van der Waals surface area contributed by atoms with E-state index in [1.54, 1.807) is 24.8 Å². The number of halogens is 1. The lowest BCUT2D eigenvalue weighted by Gasteiger charge is -2.44. The molecule has 0 bridgehead atoms. The largest absolute Gasteiger partial charge is 0.340 e. The highest BCUT2D eigenvalue weighted by atomic mass is 35.5. The first kappa shape index (κ1) is 15.8. The zero-order valence-corrected chi connectivity index (χ0v) is 13.8. The van der Waals surface area contributed by atoms with Crippen LogP contribution in [0.4, 0.5) is 5.69 Å². The van der Waals surface area contributed by atoms with Crippen molar-refractivity contribution in [3.05, 3.63) is 28.8 Å². The number of rotatable bonds is 2. The molecule has 0 spiro atoms. The molecule has 1 unspecified atom stereocenters. The number of aryl methyl sites for hydroxylation is 1. The summed E-state index contributed by atoms with van der Waals surface area (Å²) in [5.41, 5.74) is 0.659. The monoisotopic (exact) mass is 308 g/mol. The molecule has 1 atom stereocenters. The number of nitrogens with one attached hydrogen (secondary N) is 1. The van der Waals surface area contributed by atoms with Crippen LogP contribution in [0.15, 0.2) is 18.2 Å². The maximum atomic E-state index is 12.8. The maximum absolute atomic E-state index is 12.8. The molecule has 1 aromatic rings. The van der Waals surface area contributed by atoms with Gasteiger partial charge in [-0.05, 0) is 44.4 Å². The Kier molecular flexibility index (Phi) is 4.02. The highest BCUT2D eigenvalue weighted by Crippen LogP contribution is 2.34. The third-order valence-electron chi connectivity index (χ3n) is 3.73. The molecule has 0 aromatic heterocycles. The Morgan fingerprint density at radius 2 is 1.90 bits per heavy atom. The lowest BCUT2D eigenvalue weighted by molar-refractivity contribution is -0.138. The van der Waals surface area contributed by atoms with E-state index in [0.29, 0.717) is 10.7 Å². The molecule has 1 N–H and O–H groups in total. The first-order chi connectivity index (χ1) is 9.65. The van der Waals surface area contributed by atoms with Crippen LogP contribution < -0.4 is 10.2 Å². The number of nitrogens with zero attached hydrogens (tertiary/aromatic N) is 1. The van der Waals surface area contributed by atoms with Gasteiger partial charge >= 0.3 is 0 Å². The first-order valence-corrected chi connectivity index (χ1v) is 7.45. The Morgan fingerprint density at radius 3 is 2.48 bits per heavy atom. The Hall–Kier alpha value is -1.55. The lowest BCUT2D eigenvalue weighted by atomic mass is 9.91. The molecule has 21 heavy (non-hydrogen) atoms. The van der Waals surface area contributed by atoms with Gasteiger partial charge in [-0.1, -0.05) is 31.5 Å². The van der Waals surface area contributed by atoms with Crippen molar-refractivity contribution < 1.29 is 9.59 Å². The van der Waals surface area contributed by atoms with Crippen molar-refractivity contribution in [3.8, 4) is 0 Å². The number of hydrogen-bond acceptors (Lipinski definition) is 2. The van der Waals surface area contributed by atoms with E-state index in [-0.39, 0.29) is 17.7 Å². The summed E-state index contributed by atoms with van der Waals surface area (Å²) in [4.78, 5) is 26.8. The SMILES string of the molecule is Cc1ccc(Cl)c(N2C(=O)C(C)(C)NC(=O)C2C(C)C)c1. The molecule has 2 amide bonds. The van der Waals surface area contributed by atoms with Gasteiger partial charge in [0.05, 0.1) is 10.7 Å². The van der Waals surface area contributed by atoms with E-state index in [1.165, 1.54) is 0 Å². The summed E-state index contributed by atoms with van der Waals surface area (Å²) in [5.74, 6) is -0.304. The quantitative estimate of drug-likeness (QED) is 0.913. The fourth-order valence-corrected chi connectivity index (χ4v) is 2.86. The van der Waals surface area contributed by atoms with Gasteiger partial charge in [-0.25, -0.2) is 0 Å². The predicted octanol–water partition coefficient (Wildman–Crippen LogP) is 2.91. The van der Waals surface area contributed by atoms with E-state index in [2.05, 4.69) is 5.32 Å².